The predicted molar refractivity (Wildman–Crippen MR) is 115 cm³/mol. The van der Waals surface area contributed by atoms with E-state index in [1.165, 1.54) is 0 Å². The van der Waals surface area contributed by atoms with E-state index in [9.17, 15) is 0 Å². The maximum absolute atomic E-state index is 6.24. The maximum atomic E-state index is 6.24. The van der Waals surface area contributed by atoms with Gasteiger partial charge in [-0.25, -0.2) is 0 Å². The van der Waals surface area contributed by atoms with Gasteiger partial charge in [0.25, 0.3) is 0 Å². The molecule has 2 N–H and O–H groups in total. The minimum Gasteiger partial charge on any atom is -0.497 e. The number of rotatable bonds is 6. The first-order valence-corrected chi connectivity index (χ1v) is 9.07. The van der Waals surface area contributed by atoms with Crippen molar-refractivity contribution in [1.29, 1.82) is 0 Å². The zero-order valence-electron chi connectivity index (χ0n) is 14.7. The quantitative estimate of drug-likeness (QED) is 0.364. The lowest BCUT2D eigenvalue weighted by molar-refractivity contribution is 0.415. The number of hydrogen-bond acceptors (Lipinski definition) is 3. The number of nitrogens with one attached hydrogen (secondary N) is 2. The van der Waals surface area contributed by atoms with Crippen LogP contribution in [0, 0.1) is 0 Å². The molecule has 0 unspecified atom stereocenters. The minimum absolute atomic E-state index is 0.403. The van der Waals surface area contributed by atoms with E-state index >= 15 is 0 Å². The summed E-state index contributed by atoms with van der Waals surface area (Å²) in [7, 11) is 1.63. The molecule has 0 saturated heterocycles. The number of ether oxygens (including phenoxy) is 1. The number of halogens is 1. The highest BCUT2D eigenvalue weighted by Gasteiger charge is 2.03. The van der Waals surface area contributed by atoms with Crippen molar-refractivity contribution in [2.45, 2.75) is 6.54 Å². The molecule has 0 fully saturated rings. The lowest BCUT2D eigenvalue weighted by Gasteiger charge is -2.09. The van der Waals surface area contributed by atoms with Gasteiger partial charge in [0, 0.05) is 23.5 Å². The highest BCUT2D eigenvalue weighted by atomic mass is 35.5. The Hall–Kier alpha value is -2.83. The number of aromatic nitrogens is 1. The number of anilines is 1. The third-order valence-electron chi connectivity index (χ3n) is 3.87. The molecule has 138 valence electrons. The zero-order chi connectivity index (χ0) is 19.1. The van der Waals surface area contributed by atoms with Crippen LogP contribution in [-0.4, -0.2) is 23.0 Å². The van der Waals surface area contributed by atoms with Crippen LogP contribution in [0.5, 0.6) is 5.75 Å². The molecule has 2 aromatic carbocycles. The van der Waals surface area contributed by atoms with Gasteiger partial charge in [-0.2, -0.15) is 5.10 Å². The number of hydrogen-bond donors (Lipinski definition) is 2. The van der Waals surface area contributed by atoms with E-state index in [0.29, 0.717) is 11.7 Å². The fraction of sp³-hybridized carbons (Fsp3) is 0.100. The number of thiocarbonyl (C=S) groups is 1. The number of hydrazone groups is 1. The van der Waals surface area contributed by atoms with Crippen LogP contribution in [0.3, 0.4) is 0 Å². The molecular formula is C20H19ClN4OS. The standard InChI is InChI=1S/C20H19ClN4OS/c1-26-18-10-8-16(9-11-18)23-20(27)24-22-13-17-6-4-12-25(17)14-15-5-2-3-7-19(15)21/h2-13H,14H2,1H3,(H2,23,24,27)/b22-13+. The van der Waals surface area contributed by atoms with Gasteiger partial charge < -0.3 is 14.6 Å². The Labute approximate surface area is 168 Å². The molecule has 0 bridgehead atoms. The number of nitrogens with zero attached hydrogens (tertiary/aromatic N) is 2. The summed E-state index contributed by atoms with van der Waals surface area (Å²) in [6, 6.07) is 19.2. The van der Waals surface area contributed by atoms with Crippen molar-refractivity contribution in [3.05, 3.63) is 83.1 Å². The van der Waals surface area contributed by atoms with Gasteiger partial charge in [0.1, 0.15) is 5.75 Å². The van der Waals surface area contributed by atoms with Crippen LogP contribution < -0.4 is 15.5 Å². The molecule has 3 aromatic rings. The second kappa shape index (κ2) is 9.21. The molecule has 1 heterocycles. The Morgan fingerprint density at radius 1 is 1.15 bits per heavy atom. The molecule has 27 heavy (non-hydrogen) atoms. The topological polar surface area (TPSA) is 50.6 Å². The molecule has 3 rings (SSSR count). The third-order valence-corrected chi connectivity index (χ3v) is 4.44. The van der Waals surface area contributed by atoms with Crippen molar-refractivity contribution in [2.24, 2.45) is 5.10 Å². The van der Waals surface area contributed by atoms with Gasteiger partial charge in [0.2, 0.25) is 0 Å². The maximum Gasteiger partial charge on any atom is 0.191 e. The molecule has 0 spiro atoms. The molecule has 0 atom stereocenters. The molecule has 0 amide bonds. The average molecular weight is 399 g/mol. The first-order valence-electron chi connectivity index (χ1n) is 8.28. The zero-order valence-corrected chi connectivity index (χ0v) is 16.3. The number of benzene rings is 2. The summed E-state index contributed by atoms with van der Waals surface area (Å²) < 4.78 is 7.19. The van der Waals surface area contributed by atoms with Gasteiger partial charge in [-0.05, 0) is 60.2 Å². The van der Waals surface area contributed by atoms with Crippen LogP contribution in [0.2, 0.25) is 5.02 Å². The second-order valence-electron chi connectivity index (χ2n) is 5.70. The fourth-order valence-electron chi connectivity index (χ4n) is 2.49. The van der Waals surface area contributed by atoms with E-state index in [4.69, 9.17) is 28.6 Å². The Kier molecular flexibility index (Phi) is 6.46. The summed E-state index contributed by atoms with van der Waals surface area (Å²) in [6.45, 7) is 0.669. The summed E-state index contributed by atoms with van der Waals surface area (Å²) in [4.78, 5) is 0. The fourth-order valence-corrected chi connectivity index (χ4v) is 2.86. The van der Waals surface area contributed by atoms with Gasteiger partial charge in [0.15, 0.2) is 5.11 Å². The largest absolute Gasteiger partial charge is 0.497 e. The van der Waals surface area contributed by atoms with E-state index in [1.807, 2.05) is 66.9 Å². The normalized spacial score (nSPS) is 10.7. The Morgan fingerprint density at radius 2 is 1.93 bits per heavy atom. The van der Waals surface area contributed by atoms with Crippen LogP contribution in [-0.2, 0) is 6.54 Å². The van der Waals surface area contributed by atoms with Crippen LogP contribution in [0.4, 0.5) is 5.69 Å². The molecule has 1 aromatic heterocycles. The molecule has 0 radical (unpaired) electrons. The predicted octanol–water partition coefficient (Wildman–Crippen LogP) is 4.52. The van der Waals surface area contributed by atoms with Crippen molar-refractivity contribution in [3.8, 4) is 5.75 Å². The van der Waals surface area contributed by atoms with Crippen LogP contribution in [0.25, 0.3) is 0 Å². The Morgan fingerprint density at radius 3 is 2.67 bits per heavy atom. The van der Waals surface area contributed by atoms with Crippen LogP contribution in [0.15, 0.2) is 72.0 Å². The minimum atomic E-state index is 0.403. The molecule has 0 aliphatic carbocycles. The third kappa shape index (κ3) is 5.32. The molecule has 7 heteroatoms. The highest BCUT2D eigenvalue weighted by Crippen LogP contribution is 2.17. The monoisotopic (exact) mass is 398 g/mol. The van der Waals surface area contributed by atoms with Gasteiger partial charge in [0.05, 0.1) is 19.0 Å². The van der Waals surface area contributed by atoms with Gasteiger partial charge in [-0.15, -0.1) is 0 Å². The van der Waals surface area contributed by atoms with E-state index in [0.717, 1.165) is 27.7 Å². The van der Waals surface area contributed by atoms with E-state index < -0.39 is 0 Å². The van der Waals surface area contributed by atoms with Crippen molar-refractivity contribution in [1.82, 2.24) is 9.99 Å². The van der Waals surface area contributed by atoms with Crippen LogP contribution in [0.1, 0.15) is 11.3 Å². The molecule has 0 aliphatic rings. The molecule has 0 saturated carbocycles. The van der Waals surface area contributed by atoms with Crippen molar-refractivity contribution >= 4 is 40.8 Å². The average Bonchev–Trinajstić information content (AvgIpc) is 3.11. The summed E-state index contributed by atoms with van der Waals surface area (Å²) in [5.74, 6) is 0.789. The smallest absolute Gasteiger partial charge is 0.191 e. The molecule has 5 nitrogen and oxygen atoms in total. The summed E-state index contributed by atoms with van der Waals surface area (Å²) in [5, 5.41) is 8.42. The summed E-state index contributed by atoms with van der Waals surface area (Å²) >= 11 is 11.5. The van der Waals surface area contributed by atoms with Gasteiger partial charge in [-0.3, -0.25) is 5.43 Å². The van der Waals surface area contributed by atoms with Crippen molar-refractivity contribution in [3.63, 3.8) is 0 Å². The Balaban J connectivity index is 1.57. The molecule has 0 aliphatic heterocycles. The molecular weight excluding hydrogens is 380 g/mol. The van der Waals surface area contributed by atoms with E-state index in [1.54, 1.807) is 13.3 Å². The number of methoxy groups -OCH3 is 1. The highest BCUT2D eigenvalue weighted by molar-refractivity contribution is 7.80. The summed E-state index contributed by atoms with van der Waals surface area (Å²) in [6.07, 6.45) is 3.71. The first kappa shape index (κ1) is 18.9. The second-order valence-corrected chi connectivity index (χ2v) is 6.52. The van der Waals surface area contributed by atoms with Gasteiger partial charge >= 0.3 is 0 Å². The SMILES string of the molecule is COc1ccc(NC(=S)N/N=C/c2cccn2Cc2ccccc2Cl)cc1. The van der Waals surface area contributed by atoms with Crippen LogP contribution >= 0.6 is 23.8 Å². The van der Waals surface area contributed by atoms with E-state index in [-0.39, 0.29) is 0 Å². The van der Waals surface area contributed by atoms with E-state index in [2.05, 4.69) is 20.4 Å². The van der Waals surface area contributed by atoms with Gasteiger partial charge in [-0.1, -0.05) is 29.8 Å². The van der Waals surface area contributed by atoms with Crippen molar-refractivity contribution < 1.29 is 4.74 Å². The lowest BCUT2D eigenvalue weighted by Crippen LogP contribution is -2.24. The Bertz CT molecular complexity index is 937. The summed E-state index contributed by atoms with van der Waals surface area (Å²) in [5.41, 5.74) is 5.66. The first-order chi connectivity index (χ1) is 13.2. The lowest BCUT2D eigenvalue weighted by atomic mass is 10.2. The van der Waals surface area contributed by atoms with Crippen molar-refractivity contribution in [2.75, 3.05) is 12.4 Å².